The third-order valence-corrected chi connectivity index (χ3v) is 6.46. The van der Waals surface area contributed by atoms with Crippen molar-refractivity contribution in [3.63, 3.8) is 0 Å². The number of rotatable bonds is 8. The lowest BCUT2D eigenvalue weighted by atomic mass is 10.1. The maximum Gasteiger partial charge on any atom is 0.255 e. The quantitative estimate of drug-likeness (QED) is 0.626. The molecule has 1 aliphatic heterocycles. The summed E-state index contributed by atoms with van der Waals surface area (Å²) in [5.74, 6) is 0.107. The van der Waals surface area contributed by atoms with Gasteiger partial charge in [0, 0.05) is 42.3 Å². The minimum Gasteiger partial charge on any atom is -0.331 e. The Morgan fingerprint density at radius 3 is 2.50 bits per heavy atom. The first-order valence-electron chi connectivity index (χ1n) is 10.3. The molecular formula is C23H29N3OS. The average molecular weight is 396 g/mol. The molecule has 0 unspecified atom stereocenters. The van der Waals surface area contributed by atoms with Gasteiger partial charge in [-0.05, 0) is 74.9 Å². The second-order valence-corrected chi connectivity index (χ2v) is 8.73. The van der Waals surface area contributed by atoms with Gasteiger partial charge in [0.15, 0.2) is 0 Å². The van der Waals surface area contributed by atoms with Gasteiger partial charge in [-0.25, -0.2) is 0 Å². The maximum absolute atomic E-state index is 13.1. The van der Waals surface area contributed by atoms with Crippen LogP contribution in [0.3, 0.4) is 0 Å². The molecule has 1 amide bonds. The monoisotopic (exact) mass is 395 g/mol. The van der Waals surface area contributed by atoms with Gasteiger partial charge in [0.2, 0.25) is 0 Å². The SMILES string of the molecule is CSc1ccc(CN(C(=O)c2ccc(CCN3CCCC3)nc2)C2CC2)cc1. The highest BCUT2D eigenvalue weighted by Gasteiger charge is 2.33. The Hall–Kier alpha value is -1.85. The molecular weight excluding hydrogens is 366 g/mol. The van der Waals surface area contributed by atoms with Crippen LogP contribution in [0, 0.1) is 0 Å². The standard InChI is InChI=1S/C23H29N3OS/c1-28-22-10-4-18(5-11-22)17-26(21-8-9-21)23(27)19-6-7-20(24-16-19)12-15-25-13-2-3-14-25/h4-7,10-11,16,21H,2-3,8-9,12-15,17H2,1H3. The highest BCUT2D eigenvalue weighted by molar-refractivity contribution is 7.98. The zero-order chi connectivity index (χ0) is 19.3. The number of thioether (sulfide) groups is 1. The molecule has 4 nitrogen and oxygen atoms in total. The molecule has 2 aromatic rings. The number of hydrogen-bond donors (Lipinski definition) is 0. The van der Waals surface area contributed by atoms with E-state index in [0.717, 1.165) is 31.5 Å². The summed E-state index contributed by atoms with van der Waals surface area (Å²) in [5.41, 5.74) is 2.97. The van der Waals surface area contributed by atoms with Gasteiger partial charge in [-0.1, -0.05) is 12.1 Å². The molecule has 2 aliphatic rings. The molecule has 0 atom stereocenters. The molecule has 1 aliphatic carbocycles. The Morgan fingerprint density at radius 2 is 1.89 bits per heavy atom. The number of aromatic nitrogens is 1. The van der Waals surface area contributed by atoms with E-state index in [1.807, 2.05) is 17.0 Å². The summed E-state index contributed by atoms with van der Waals surface area (Å²) in [6.45, 7) is 4.17. The molecule has 0 N–H and O–H groups in total. The van der Waals surface area contributed by atoms with E-state index < -0.39 is 0 Å². The number of likely N-dealkylation sites (tertiary alicyclic amines) is 1. The summed E-state index contributed by atoms with van der Waals surface area (Å²) in [6, 6.07) is 12.9. The van der Waals surface area contributed by atoms with E-state index in [1.165, 1.54) is 36.4 Å². The zero-order valence-corrected chi connectivity index (χ0v) is 17.5. The summed E-state index contributed by atoms with van der Waals surface area (Å²) < 4.78 is 0. The van der Waals surface area contributed by atoms with E-state index >= 15 is 0 Å². The van der Waals surface area contributed by atoms with Crippen LogP contribution in [0.4, 0.5) is 0 Å². The molecule has 0 spiro atoms. The summed E-state index contributed by atoms with van der Waals surface area (Å²) in [7, 11) is 0. The summed E-state index contributed by atoms with van der Waals surface area (Å²) >= 11 is 1.74. The van der Waals surface area contributed by atoms with Gasteiger partial charge in [-0.2, -0.15) is 0 Å². The highest BCUT2D eigenvalue weighted by atomic mass is 32.2. The topological polar surface area (TPSA) is 36.4 Å². The first-order chi connectivity index (χ1) is 13.7. The van der Waals surface area contributed by atoms with Gasteiger partial charge in [0.05, 0.1) is 5.56 Å². The molecule has 0 radical (unpaired) electrons. The maximum atomic E-state index is 13.1. The van der Waals surface area contributed by atoms with Crippen molar-refractivity contribution >= 4 is 17.7 Å². The Bertz CT molecular complexity index is 780. The first-order valence-corrected chi connectivity index (χ1v) is 11.6. The van der Waals surface area contributed by atoms with Crippen molar-refractivity contribution in [3.8, 4) is 0 Å². The second-order valence-electron chi connectivity index (χ2n) is 7.85. The fourth-order valence-electron chi connectivity index (χ4n) is 3.82. The van der Waals surface area contributed by atoms with E-state index in [2.05, 4.69) is 40.4 Å². The van der Waals surface area contributed by atoms with Crippen LogP contribution in [0.15, 0.2) is 47.5 Å². The summed E-state index contributed by atoms with van der Waals surface area (Å²) in [6.07, 6.45) is 9.66. The second kappa shape index (κ2) is 9.10. The predicted molar refractivity (Wildman–Crippen MR) is 115 cm³/mol. The normalized spacial score (nSPS) is 17.0. The van der Waals surface area contributed by atoms with Crippen molar-refractivity contribution in [2.75, 3.05) is 25.9 Å². The number of carbonyl (C=O) groups is 1. The Morgan fingerprint density at radius 1 is 1.14 bits per heavy atom. The molecule has 0 bridgehead atoms. The molecule has 1 aromatic heterocycles. The molecule has 148 valence electrons. The largest absolute Gasteiger partial charge is 0.331 e. The van der Waals surface area contributed by atoms with Gasteiger partial charge in [0.1, 0.15) is 0 Å². The number of pyridine rings is 1. The summed E-state index contributed by atoms with van der Waals surface area (Å²) in [4.78, 5) is 23.5. The fourth-order valence-corrected chi connectivity index (χ4v) is 4.23. The first kappa shape index (κ1) is 19.5. The molecule has 1 saturated heterocycles. The summed E-state index contributed by atoms with van der Waals surface area (Å²) in [5, 5.41) is 0. The van der Waals surface area contributed by atoms with Crippen LogP contribution < -0.4 is 0 Å². The molecule has 4 rings (SSSR count). The lowest BCUT2D eigenvalue weighted by Crippen LogP contribution is -2.32. The highest BCUT2D eigenvalue weighted by Crippen LogP contribution is 2.30. The van der Waals surface area contributed by atoms with E-state index in [4.69, 9.17) is 0 Å². The van der Waals surface area contributed by atoms with Crippen LogP contribution in [0.1, 0.15) is 47.3 Å². The van der Waals surface area contributed by atoms with Crippen molar-refractivity contribution in [2.24, 2.45) is 0 Å². The number of benzene rings is 1. The van der Waals surface area contributed by atoms with Crippen molar-refractivity contribution in [3.05, 3.63) is 59.4 Å². The minimum absolute atomic E-state index is 0.107. The van der Waals surface area contributed by atoms with Crippen molar-refractivity contribution < 1.29 is 4.79 Å². The smallest absolute Gasteiger partial charge is 0.255 e. The molecule has 2 heterocycles. The molecule has 5 heteroatoms. The predicted octanol–water partition coefficient (Wildman–Crippen LogP) is 4.25. The third-order valence-electron chi connectivity index (χ3n) is 5.72. The van der Waals surface area contributed by atoms with E-state index in [0.29, 0.717) is 18.2 Å². The lowest BCUT2D eigenvalue weighted by molar-refractivity contribution is 0.0729. The molecule has 2 fully saturated rings. The van der Waals surface area contributed by atoms with Crippen LogP contribution >= 0.6 is 11.8 Å². The molecule has 1 saturated carbocycles. The number of nitrogens with zero attached hydrogens (tertiary/aromatic N) is 3. The van der Waals surface area contributed by atoms with Crippen molar-refractivity contribution in [1.29, 1.82) is 0 Å². The van der Waals surface area contributed by atoms with E-state index in [1.54, 1.807) is 18.0 Å². The van der Waals surface area contributed by atoms with Gasteiger partial charge in [0.25, 0.3) is 5.91 Å². The van der Waals surface area contributed by atoms with Crippen molar-refractivity contribution in [2.45, 2.75) is 49.6 Å². The Balaban J connectivity index is 1.38. The third kappa shape index (κ3) is 4.95. The minimum atomic E-state index is 0.107. The van der Waals surface area contributed by atoms with E-state index in [-0.39, 0.29) is 5.91 Å². The zero-order valence-electron chi connectivity index (χ0n) is 16.6. The molecule has 28 heavy (non-hydrogen) atoms. The van der Waals surface area contributed by atoms with Gasteiger partial charge in [-0.3, -0.25) is 9.78 Å². The van der Waals surface area contributed by atoms with Crippen LogP contribution in [0.25, 0.3) is 0 Å². The number of hydrogen-bond acceptors (Lipinski definition) is 4. The number of amides is 1. The lowest BCUT2D eigenvalue weighted by Gasteiger charge is -2.23. The van der Waals surface area contributed by atoms with Gasteiger partial charge in [-0.15, -0.1) is 11.8 Å². The van der Waals surface area contributed by atoms with Crippen LogP contribution in [0.2, 0.25) is 0 Å². The van der Waals surface area contributed by atoms with Gasteiger partial charge >= 0.3 is 0 Å². The van der Waals surface area contributed by atoms with Gasteiger partial charge < -0.3 is 9.80 Å². The van der Waals surface area contributed by atoms with Crippen LogP contribution in [-0.4, -0.2) is 52.6 Å². The Kier molecular flexibility index (Phi) is 6.33. The number of carbonyl (C=O) groups excluding carboxylic acids is 1. The van der Waals surface area contributed by atoms with Crippen LogP contribution in [0.5, 0.6) is 0 Å². The fraction of sp³-hybridized carbons (Fsp3) is 0.478. The average Bonchev–Trinajstić information content (AvgIpc) is 3.45. The van der Waals surface area contributed by atoms with E-state index in [9.17, 15) is 4.79 Å². The van der Waals surface area contributed by atoms with Crippen LogP contribution in [-0.2, 0) is 13.0 Å². The molecule has 1 aromatic carbocycles. The Labute approximate surface area is 172 Å². The van der Waals surface area contributed by atoms with Crippen molar-refractivity contribution in [1.82, 2.24) is 14.8 Å².